The monoisotopic (exact) mass is 225 g/mol. The van der Waals surface area contributed by atoms with Crippen molar-refractivity contribution in [1.29, 1.82) is 0 Å². The summed E-state index contributed by atoms with van der Waals surface area (Å²) in [4.78, 5) is 5.74. The topological polar surface area (TPSA) is 22.1 Å². The van der Waals surface area contributed by atoms with E-state index in [2.05, 4.69) is 23.4 Å². The second-order valence-electron chi connectivity index (χ2n) is 3.03. The van der Waals surface area contributed by atoms with Crippen LogP contribution in [0.25, 0.3) is 9.88 Å². The minimum atomic E-state index is 0.910. The average molecular weight is 225 g/mol. The third kappa shape index (κ3) is 1.55. The Morgan fingerprint density at radius 2 is 2.14 bits per heavy atom. The first-order valence-corrected chi connectivity index (χ1v) is 5.98. The van der Waals surface area contributed by atoms with Gasteiger partial charge in [-0.05, 0) is 30.9 Å². The van der Waals surface area contributed by atoms with Gasteiger partial charge in [0.2, 0.25) is 0 Å². The first-order valence-electron chi connectivity index (χ1n) is 4.28. The molecule has 0 amide bonds. The van der Waals surface area contributed by atoms with Crippen molar-refractivity contribution in [3.8, 4) is 14.9 Å². The Balaban J connectivity index is 2.47. The number of methoxy groups -OCH3 is 1. The molecule has 0 aliphatic rings. The van der Waals surface area contributed by atoms with Crippen LogP contribution in [0.5, 0.6) is 5.06 Å². The van der Waals surface area contributed by atoms with Gasteiger partial charge in [0.05, 0.1) is 17.7 Å². The van der Waals surface area contributed by atoms with Crippen molar-refractivity contribution in [3.63, 3.8) is 0 Å². The lowest BCUT2D eigenvalue weighted by atomic mass is 10.3. The summed E-state index contributed by atoms with van der Waals surface area (Å²) in [5.74, 6) is 0. The molecule has 0 fully saturated rings. The van der Waals surface area contributed by atoms with E-state index in [9.17, 15) is 0 Å². The normalized spacial score (nSPS) is 10.5. The van der Waals surface area contributed by atoms with Gasteiger partial charge in [0.1, 0.15) is 5.01 Å². The second kappa shape index (κ2) is 3.71. The SMILES string of the molecule is COc1sc(-c2sccc2C)nc1C. The largest absolute Gasteiger partial charge is 0.486 e. The van der Waals surface area contributed by atoms with Crippen LogP contribution in [0.3, 0.4) is 0 Å². The van der Waals surface area contributed by atoms with E-state index < -0.39 is 0 Å². The Morgan fingerprint density at radius 3 is 2.64 bits per heavy atom. The van der Waals surface area contributed by atoms with Crippen molar-refractivity contribution in [3.05, 3.63) is 22.7 Å². The van der Waals surface area contributed by atoms with Crippen LogP contribution < -0.4 is 4.74 Å². The van der Waals surface area contributed by atoms with Gasteiger partial charge in [0.15, 0.2) is 5.06 Å². The quantitative estimate of drug-likeness (QED) is 0.780. The maximum Gasteiger partial charge on any atom is 0.197 e. The Morgan fingerprint density at radius 1 is 1.36 bits per heavy atom. The first kappa shape index (κ1) is 9.68. The number of ether oxygens (including phenoxy) is 1. The molecule has 2 heterocycles. The predicted octanol–water partition coefficient (Wildman–Crippen LogP) is 3.50. The third-order valence-corrected chi connectivity index (χ3v) is 4.28. The summed E-state index contributed by atoms with van der Waals surface area (Å²) < 4.78 is 5.22. The molecule has 2 nitrogen and oxygen atoms in total. The summed E-state index contributed by atoms with van der Waals surface area (Å²) in [6.45, 7) is 4.08. The Hall–Kier alpha value is -0.870. The summed E-state index contributed by atoms with van der Waals surface area (Å²) in [7, 11) is 1.69. The lowest BCUT2D eigenvalue weighted by Gasteiger charge is -1.91. The molecule has 0 N–H and O–H groups in total. The highest BCUT2D eigenvalue weighted by atomic mass is 32.1. The number of thiophene rings is 1. The highest BCUT2D eigenvalue weighted by Crippen LogP contribution is 2.37. The summed E-state index contributed by atoms with van der Waals surface area (Å²) in [5.41, 5.74) is 2.26. The van der Waals surface area contributed by atoms with Crippen molar-refractivity contribution in [2.75, 3.05) is 7.11 Å². The van der Waals surface area contributed by atoms with E-state index >= 15 is 0 Å². The smallest absolute Gasteiger partial charge is 0.197 e. The lowest BCUT2D eigenvalue weighted by Crippen LogP contribution is -1.80. The zero-order chi connectivity index (χ0) is 10.1. The van der Waals surface area contributed by atoms with Crippen LogP contribution in [0.1, 0.15) is 11.3 Å². The van der Waals surface area contributed by atoms with E-state index in [0.29, 0.717) is 0 Å². The van der Waals surface area contributed by atoms with Gasteiger partial charge in [-0.25, -0.2) is 4.98 Å². The molecule has 0 aliphatic heterocycles. The van der Waals surface area contributed by atoms with E-state index in [4.69, 9.17) is 4.74 Å². The van der Waals surface area contributed by atoms with Crippen LogP contribution in [-0.4, -0.2) is 12.1 Å². The van der Waals surface area contributed by atoms with Crippen molar-refractivity contribution < 1.29 is 4.74 Å². The van der Waals surface area contributed by atoms with Gasteiger partial charge in [0, 0.05) is 0 Å². The molecule has 2 aromatic rings. The molecule has 0 saturated carbocycles. The zero-order valence-corrected chi connectivity index (χ0v) is 9.96. The minimum Gasteiger partial charge on any atom is -0.486 e. The molecule has 0 atom stereocenters. The maximum absolute atomic E-state index is 5.22. The third-order valence-electron chi connectivity index (χ3n) is 2.00. The fourth-order valence-corrected chi connectivity index (χ4v) is 3.23. The van der Waals surface area contributed by atoms with E-state index in [-0.39, 0.29) is 0 Å². The second-order valence-corrected chi connectivity index (χ2v) is 4.91. The molecule has 0 spiro atoms. The highest BCUT2D eigenvalue weighted by molar-refractivity contribution is 7.22. The molecule has 0 aromatic carbocycles. The molecule has 74 valence electrons. The maximum atomic E-state index is 5.22. The fourth-order valence-electron chi connectivity index (χ4n) is 1.26. The number of thiazole rings is 1. The van der Waals surface area contributed by atoms with Crippen molar-refractivity contribution in [1.82, 2.24) is 4.98 Å². The number of hydrogen-bond donors (Lipinski definition) is 0. The molecule has 0 unspecified atom stereocenters. The molecule has 0 radical (unpaired) electrons. The standard InChI is InChI=1S/C10H11NOS2/c1-6-4-5-13-8(6)9-11-7(2)10(12-3)14-9/h4-5H,1-3H3. The van der Waals surface area contributed by atoms with Crippen LogP contribution >= 0.6 is 22.7 Å². The van der Waals surface area contributed by atoms with Crippen LogP contribution in [0.15, 0.2) is 11.4 Å². The van der Waals surface area contributed by atoms with E-state index in [0.717, 1.165) is 15.8 Å². The van der Waals surface area contributed by atoms with Crippen molar-refractivity contribution in [2.45, 2.75) is 13.8 Å². The van der Waals surface area contributed by atoms with Crippen molar-refractivity contribution >= 4 is 22.7 Å². The molecule has 0 saturated heterocycles. The highest BCUT2D eigenvalue weighted by Gasteiger charge is 2.12. The molecule has 4 heteroatoms. The van der Waals surface area contributed by atoms with Crippen LogP contribution in [0.4, 0.5) is 0 Å². The Kier molecular flexibility index (Phi) is 2.56. The average Bonchev–Trinajstić information content (AvgIpc) is 2.71. The molecule has 2 aromatic heterocycles. The first-order chi connectivity index (χ1) is 6.72. The van der Waals surface area contributed by atoms with Gasteiger partial charge in [-0.2, -0.15) is 0 Å². The Labute approximate surface area is 91.2 Å². The molecule has 2 rings (SSSR count). The number of aryl methyl sites for hydroxylation is 2. The number of rotatable bonds is 2. The zero-order valence-electron chi connectivity index (χ0n) is 8.33. The number of hydrogen-bond acceptors (Lipinski definition) is 4. The van der Waals surface area contributed by atoms with Gasteiger partial charge in [0.25, 0.3) is 0 Å². The van der Waals surface area contributed by atoms with E-state index in [1.165, 1.54) is 10.4 Å². The van der Waals surface area contributed by atoms with Gasteiger partial charge in [-0.3, -0.25) is 0 Å². The predicted molar refractivity (Wildman–Crippen MR) is 61.5 cm³/mol. The van der Waals surface area contributed by atoms with Crippen molar-refractivity contribution in [2.24, 2.45) is 0 Å². The number of nitrogens with zero attached hydrogens (tertiary/aromatic N) is 1. The number of aromatic nitrogens is 1. The van der Waals surface area contributed by atoms with Gasteiger partial charge >= 0.3 is 0 Å². The van der Waals surface area contributed by atoms with E-state index in [1.54, 1.807) is 29.8 Å². The Bertz CT molecular complexity index is 445. The molecular weight excluding hydrogens is 214 g/mol. The van der Waals surface area contributed by atoms with E-state index in [1.807, 2.05) is 6.92 Å². The minimum absolute atomic E-state index is 0.910. The summed E-state index contributed by atoms with van der Waals surface area (Å²) in [5, 5.41) is 4.06. The van der Waals surface area contributed by atoms with Crippen LogP contribution in [-0.2, 0) is 0 Å². The van der Waals surface area contributed by atoms with Crippen LogP contribution in [0.2, 0.25) is 0 Å². The summed E-state index contributed by atoms with van der Waals surface area (Å²) in [6.07, 6.45) is 0. The summed E-state index contributed by atoms with van der Waals surface area (Å²) in [6, 6.07) is 2.11. The van der Waals surface area contributed by atoms with Gasteiger partial charge in [-0.1, -0.05) is 11.3 Å². The molecule has 14 heavy (non-hydrogen) atoms. The molecule has 0 bridgehead atoms. The fraction of sp³-hybridized carbons (Fsp3) is 0.300. The van der Waals surface area contributed by atoms with Crippen LogP contribution in [0, 0.1) is 13.8 Å². The molecule has 0 aliphatic carbocycles. The van der Waals surface area contributed by atoms with Gasteiger partial charge in [-0.15, -0.1) is 11.3 Å². The molecular formula is C10H11NOS2. The lowest BCUT2D eigenvalue weighted by molar-refractivity contribution is 0.423. The van der Waals surface area contributed by atoms with Gasteiger partial charge < -0.3 is 4.74 Å². The summed E-state index contributed by atoms with van der Waals surface area (Å²) >= 11 is 3.34.